The maximum Gasteiger partial charge on any atom is 0.134 e. The number of nitrogens with two attached hydrogens (primary N) is 2. The summed E-state index contributed by atoms with van der Waals surface area (Å²) in [4.78, 5) is 24.0. The van der Waals surface area contributed by atoms with Gasteiger partial charge in [-0.3, -0.25) is 9.59 Å². The Labute approximate surface area is 273 Å². The number of carbonyl (C=O) groups excluding carboxylic acids is 2. The lowest BCUT2D eigenvalue weighted by Gasteiger charge is -2.20. The van der Waals surface area contributed by atoms with Gasteiger partial charge in [0.15, 0.2) is 0 Å². The number of allylic oxidation sites excluding steroid dienone is 3. The molecule has 1 aliphatic carbocycles. The van der Waals surface area contributed by atoms with Crippen molar-refractivity contribution in [2.24, 2.45) is 11.5 Å². The summed E-state index contributed by atoms with van der Waals surface area (Å²) in [5.41, 5.74) is 15.4. The van der Waals surface area contributed by atoms with Crippen LogP contribution < -0.4 is 11.5 Å². The third-order valence-electron chi connectivity index (χ3n) is 6.54. The van der Waals surface area contributed by atoms with Crippen LogP contribution in [0, 0.1) is 6.92 Å². The van der Waals surface area contributed by atoms with Crippen LogP contribution in [0.15, 0.2) is 94.5 Å². The normalized spacial score (nSPS) is 13.0. The molecule has 0 radical (unpaired) electrons. The first kappa shape index (κ1) is 38.7. The first-order chi connectivity index (χ1) is 21.1. The molecule has 2 aromatic carbocycles. The molecule has 0 aliphatic heterocycles. The van der Waals surface area contributed by atoms with Crippen molar-refractivity contribution in [3.8, 4) is 0 Å². The second-order valence-corrected chi connectivity index (χ2v) is 12.4. The minimum absolute atomic E-state index is 0.215. The van der Waals surface area contributed by atoms with Gasteiger partial charge in [-0.1, -0.05) is 43.5 Å². The molecule has 1 saturated carbocycles. The average molecular weight is 635 g/mol. The molecule has 238 valence electrons. The van der Waals surface area contributed by atoms with E-state index in [2.05, 4.69) is 22.3 Å². The number of aryl methyl sites for hydroxylation is 1. The Kier molecular flexibility index (Phi) is 20.3. The lowest BCUT2D eigenvalue weighted by atomic mass is 9.87. The molecule has 0 spiro atoms. The van der Waals surface area contributed by atoms with Crippen molar-refractivity contribution >= 4 is 35.1 Å². The monoisotopic (exact) mass is 634 g/mol. The second-order valence-electron chi connectivity index (χ2n) is 10.7. The van der Waals surface area contributed by atoms with Crippen molar-refractivity contribution in [1.82, 2.24) is 10.2 Å². The van der Waals surface area contributed by atoms with E-state index in [1.54, 1.807) is 56.4 Å². The van der Waals surface area contributed by atoms with Crippen molar-refractivity contribution in [3.05, 3.63) is 107 Å². The third-order valence-corrected chi connectivity index (χ3v) is 8.02. The lowest BCUT2D eigenvalue weighted by Crippen LogP contribution is -2.07. The van der Waals surface area contributed by atoms with Crippen LogP contribution in [0.5, 0.6) is 0 Å². The Morgan fingerprint density at radius 2 is 1.25 bits per heavy atom. The Morgan fingerprint density at radius 1 is 0.773 bits per heavy atom. The van der Waals surface area contributed by atoms with Gasteiger partial charge in [0.05, 0.1) is 11.4 Å². The second kappa shape index (κ2) is 23.1. The number of rotatable bonds is 8. The number of hydrogen-bond acceptors (Lipinski definition) is 8. The molecule has 8 heteroatoms. The van der Waals surface area contributed by atoms with E-state index in [0.717, 1.165) is 22.5 Å². The minimum atomic E-state index is 0.215. The predicted octanol–water partition coefficient (Wildman–Crippen LogP) is 8.23. The van der Waals surface area contributed by atoms with Crippen LogP contribution in [0.2, 0.25) is 0 Å². The van der Waals surface area contributed by atoms with Crippen LogP contribution in [0.3, 0.4) is 0 Å². The van der Waals surface area contributed by atoms with Crippen molar-refractivity contribution < 1.29 is 9.59 Å². The topological polar surface area (TPSA) is 112 Å². The van der Waals surface area contributed by atoms with Crippen LogP contribution in [-0.4, -0.2) is 34.3 Å². The van der Waals surface area contributed by atoms with E-state index in [0.29, 0.717) is 18.8 Å². The fourth-order valence-electron chi connectivity index (χ4n) is 4.29. The van der Waals surface area contributed by atoms with Crippen LogP contribution in [0.25, 0.3) is 0 Å². The number of Topliss-reactive ketones (excluding diaryl/α,β-unsaturated/α-hetero) is 2. The highest BCUT2D eigenvalue weighted by molar-refractivity contribution is 7.98. The number of carbonyl (C=O) groups is 2. The smallest absolute Gasteiger partial charge is 0.134 e. The Bertz CT molecular complexity index is 1220. The highest BCUT2D eigenvalue weighted by atomic mass is 32.2. The van der Waals surface area contributed by atoms with Gasteiger partial charge >= 0.3 is 0 Å². The highest BCUT2D eigenvalue weighted by Gasteiger charge is 2.16. The Morgan fingerprint density at radius 3 is 1.57 bits per heavy atom. The molecule has 0 atom stereocenters. The molecule has 6 nitrogen and oxygen atoms in total. The number of aromatic nitrogens is 2. The predicted molar refractivity (Wildman–Crippen MR) is 189 cm³/mol. The van der Waals surface area contributed by atoms with E-state index in [1.165, 1.54) is 53.8 Å². The van der Waals surface area contributed by atoms with Crippen LogP contribution in [0.4, 0.5) is 0 Å². The van der Waals surface area contributed by atoms with Crippen LogP contribution in [0.1, 0.15) is 81.3 Å². The van der Waals surface area contributed by atoms with Gasteiger partial charge in [0, 0.05) is 34.2 Å². The lowest BCUT2D eigenvalue weighted by molar-refractivity contribution is -0.117. The molecular formula is C36H50N4O2S2. The zero-order chi connectivity index (χ0) is 32.7. The molecule has 4 rings (SSSR count). The van der Waals surface area contributed by atoms with E-state index < -0.39 is 0 Å². The average Bonchev–Trinajstić information content (AvgIpc) is 3.02. The maximum absolute atomic E-state index is 10.8. The van der Waals surface area contributed by atoms with Gasteiger partial charge in [0.2, 0.25) is 0 Å². The molecule has 1 aliphatic rings. The fourth-order valence-corrected chi connectivity index (χ4v) is 5.11. The number of nitrogens with zero attached hydrogens (tertiary/aromatic N) is 2. The number of ketones is 2. The summed E-state index contributed by atoms with van der Waals surface area (Å²) in [5, 5.41) is 8.36. The van der Waals surface area contributed by atoms with E-state index in [4.69, 9.17) is 11.5 Å². The van der Waals surface area contributed by atoms with Gasteiger partial charge < -0.3 is 11.5 Å². The van der Waals surface area contributed by atoms with E-state index in [9.17, 15) is 9.59 Å². The Hall–Kier alpha value is -3.36. The molecule has 0 unspecified atom stereocenters. The van der Waals surface area contributed by atoms with Crippen LogP contribution >= 0.6 is 23.5 Å². The van der Waals surface area contributed by atoms with Crippen molar-refractivity contribution in [2.75, 3.05) is 12.5 Å². The van der Waals surface area contributed by atoms with Crippen molar-refractivity contribution in [3.63, 3.8) is 0 Å². The molecule has 0 amide bonds. The van der Waals surface area contributed by atoms with Gasteiger partial charge in [0.1, 0.15) is 11.6 Å². The number of thioether (sulfide) groups is 2. The summed E-state index contributed by atoms with van der Waals surface area (Å²) < 4.78 is 0. The first-order valence-corrected chi connectivity index (χ1v) is 17.4. The molecule has 1 aromatic heterocycles. The zero-order valence-corrected chi connectivity index (χ0v) is 28.8. The fraction of sp³-hybridized carbons (Fsp3) is 0.389. The maximum atomic E-state index is 10.8. The summed E-state index contributed by atoms with van der Waals surface area (Å²) in [6.45, 7) is 7.02. The molecule has 1 fully saturated rings. The van der Waals surface area contributed by atoms with Gasteiger partial charge in [-0.05, 0) is 119 Å². The molecule has 0 saturated heterocycles. The molecule has 1 heterocycles. The molecule has 0 bridgehead atoms. The van der Waals surface area contributed by atoms with Gasteiger partial charge in [-0.15, -0.1) is 23.5 Å². The Balaban J connectivity index is 0.000000300. The van der Waals surface area contributed by atoms with Crippen molar-refractivity contribution in [2.45, 2.75) is 88.3 Å². The third kappa shape index (κ3) is 18.3. The zero-order valence-electron chi connectivity index (χ0n) is 27.2. The summed E-state index contributed by atoms with van der Waals surface area (Å²) in [6.07, 6.45) is 16.8. The van der Waals surface area contributed by atoms with E-state index in [1.807, 2.05) is 68.0 Å². The minimum Gasteiger partial charge on any atom is -0.405 e. The highest BCUT2D eigenvalue weighted by Crippen LogP contribution is 2.31. The number of hydrogen-bond donors (Lipinski definition) is 2. The first-order valence-electron chi connectivity index (χ1n) is 14.9. The summed E-state index contributed by atoms with van der Waals surface area (Å²) >= 11 is 3.42. The van der Waals surface area contributed by atoms with Gasteiger partial charge in [0.25, 0.3) is 0 Å². The SMILES string of the molecule is C/C(N)=C/C=C\N.CSc1ccc(CC(C)=O)cc1.CSc1ccc(CC(C)=O)cc1.Cc1ccc(C2CCCCC2)nn1. The molecule has 4 N–H and O–H groups in total. The van der Waals surface area contributed by atoms with Gasteiger partial charge in [-0.25, -0.2) is 0 Å². The summed E-state index contributed by atoms with van der Waals surface area (Å²) in [5.74, 6) is 1.11. The standard InChI is InChI=1S/C11H16N2.2C10H12OS.C5H10N2/c1-9-7-8-11(13-12-9)10-5-3-2-4-6-10;2*1-8(11)7-9-3-5-10(12-2)6-4-9;1-5(7)3-2-4-6/h7-8,10H,2-6H2,1H3;2*3-6H,7H2,1-2H3;2-4H,6-7H2,1H3/b;;;4-2-,5-3-. The molecule has 44 heavy (non-hydrogen) atoms. The van der Waals surface area contributed by atoms with Crippen molar-refractivity contribution in [1.29, 1.82) is 0 Å². The van der Waals surface area contributed by atoms with E-state index in [-0.39, 0.29) is 11.6 Å². The van der Waals surface area contributed by atoms with E-state index >= 15 is 0 Å². The molecule has 3 aromatic rings. The van der Waals surface area contributed by atoms with Crippen LogP contribution in [-0.2, 0) is 22.4 Å². The summed E-state index contributed by atoms with van der Waals surface area (Å²) in [7, 11) is 0. The number of benzene rings is 2. The summed E-state index contributed by atoms with van der Waals surface area (Å²) in [6, 6.07) is 20.4. The largest absolute Gasteiger partial charge is 0.405 e. The quantitative estimate of drug-likeness (QED) is 0.188. The van der Waals surface area contributed by atoms with Gasteiger partial charge in [-0.2, -0.15) is 10.2 Å². The molecular weight excluding hydrogens is 585 g/mol.